The fourth-order valence-corrected chi connectivity index (χ4v) is 2.57. The van der Waals surface area contributed by atoms with Gasteiger partial charge >= 0.3 is 0 Å². The molecule has 1 heterocycles. The van der Waals surface area contributed by atoms with Crippen LogP contribution in [-0.2, 0) is 4.74 Å². The number of benzene rings is 2. The molecule has 1 fully saturated rings. The van der Waals surface area contributed by atoms with Crippen molar-refractivity contribution in [3.05, 3.63) is 58.4 Å². The minimum absolute atomic E-state index is 0.101. The molecular formula is C17H17FN2O7. The third-order valence-corrected chi connectivity index (χ3v) is 3.96. The zero-order valence-corrected chi connectivity index (χ0v) is 13.9. The number of nitro groups is 1. The maximum Gasteiger partial charge on any atom is 0.275 e. The highest BCUT2D eigenvalue weighted by Crippen LogP contribution is 2.31. The van der Waals surface area contributed by atoms with E-state index in [2.05, 4.69) is 5.32 Å². The molecule has 0 unspecified atom stereocenters. The lowest BCUT2D eigenvalue weighted by Crippen LogP contribution is -2.55. The van der Waals surface area contributed by atoms with Gasteiger partial charge in [0.1, 0.15) is 35.6 Å². The summed E-state index contributed by atoms with van der Waals surface area (Å²) in [6, 6.07) is 8.91. The van der Waals surface area contributed by atoms with E-state index in [1.807, 2.05) is 0 Å². The van der Waals surface area contributed by atoms with Crippen LogP contribution in [0.4, 0.5) is 15.8 Å². The molecule has 4 N–H and O–H groups in total. The number of nitrogens with one attached hydrogen (secondary N) is 1. The largest absolute Gasteiger partial charge is 0.457 e. The summed E-state index contributed by atoms with van der Waals surface area (Å²) in [5, 5.41) is 43.1. The van der Waals surface area contributed by atoms with Gasteiger partial charge in [-0.15, -0.1) is 0 Å². The molecule has 0 bridgehead atoms. The normalized spacial score (nSPS) is 25.0. The summed E-state index contributed by atoms with van der Waals surface area (Å²) in [7, 11) is 0. The Bertz CT molecular complexity index is 817. The lowest BCUT2D eigenvalue weighted by atomic mass is 10.0. The highest BCUT2D eigenvalue weighted by molar-refractivity contribution is 5.57. The minimum atomic E-state index is -1.45. The van der Waals surface area contributed by atoms with Gasteiger partial charge in [-0.1, -0.05) is 0 Å². The Morgan fingerprint density at radius 2 is 1.81 bits per heavy atom. The van der Waals surface area contributed by atoms with Crippen molar-refractivity contribution in [3.63, 3.8) is 0 Å². The molecule has 144 valence electrons. The molecule has 0 aromatic heterocycles. The van der Waals surface area contributed by atoms with Crippen molar-refractivity contribution in [3.8, 4) is 11.5 Å². The molecule has 10 heteroatoms. The van der Waals surface area contributed by atoms with Crippen molar-refractivity contribution in [2.24, 2.45) is 0 Å². The number of nitro benzene ring substituents is 1. The van der Waals surface area contributed by atoms with Gasteiger partial charge in [0, 0.05) is 17.8 Å². The topological polar surface area (TPSA) is 134 Å². The zero-order chi connectivity index (χ0) is 19.6. The molecule has 9 nitrogen and oxygen atoms in total. The molecule has 3 rings (SSSR count). The van der Waals surface area contributed by atoms with Crippen molar-refractivity contribution in [2.45, 2.75) is 24.5 Å². The number of ether oxygens (including phenoxy) is 2. The number of anilines is 1. The SMILES string of the molecule is O=[N+]([O-])c1cc(N[C@@H]2OC[C@H](O)[C@@H](O)[C@H]2O)cc(Oc2ccc(F)cc2)c1. The van der Waals surface area contributed by atoms with Crippen molar-refractivity contribution in [1.29, 1.82) is 0 Å². The molecule has 0 saturated carbocycles. The Balaban J connectivity index is 1.83. The zero-order valence-electron chi connectivity index (χ0n) is 13.9. The second-order valence-corrected chi connectivity index (χ2v) is 5.98. The summed E-state index contributed by atoms with van der Waals surface area (Å²) < 4.78 is 23.7. The Labute approximate surface area is 152 Å². The summed E-state index contributed by atoms with van der Waals surface area (Å²) >= 11 is 0. The van der Waals surface area contributed by atoms with Crippen LogP contribution in [0.1, 0.15) is 0 Å². The molecule has 1 saturated heterocycles. The lowest BCUT2D eigenvalue weighted by Gasteiger charge is -2.35. The number of nitrogens with zero attached hydrogens (tertiary/aromatic N) is 1. The molecule has 1 aliphatic rings. The Morgan fingerprint density at radius 1 is 1.11 bits per heavy atom. The molecule has 0 spiro atoms. The third-order valence-electron chi connectivity index (χ3n) is 3.96. The van der Waals surface area contributed by atoms with Gasteiger partial charge in [-0.2, -0.15) is 0 Å². The number of aliphatic hydroxyl groups excluding tert-OH is 3. The first-order valence-corrected chi connectivity index (χ1v) is 7.99. The average Bonchev–Trinajstić information content (AvgIpc) is 2.64. The standard InChI is InChI=1S/C17H17FN2O7/c18-9-1-3-12(4-2-9)27-13-6-10(5-11(7-13)20(24)25)19-17-16(23)15(22)14(21)8-26-17/h1-7,14-17,19,21-23H,8H2/t14-,15+,16+,17+/m0/s1. The van der Waals surface area contributed by atoms with Crippen LogP contribution < -0.4 is 10.1 Å². The molecule has 0 amide bonds. The first-order chi connectivity index (χ1) is 12.8. The summed E-state index contributed by atoms with van der Waals surface area (Å²) in [6.45, 7) is -0.218. The number of halogens is 1. The van der Waals surface area contributed by atoms with Crippen molar-refractivity contribution in [1.82, 2.24) is 0 Å². The first kappa shape index (κ1) is 19.0. The Morgan fingerprint density at radius 3 is 2.48 bits per heavy atom. The molecule has 0 radical (unpaired) electrons. The molecule has 4 atom stereocenters. The predicted molar refractivity (Wildman–Crippen MR) is 91.0 cm³/mol. The maximum absolute atomic E-state index is 13.0. The molecular weight excluding hydrogens is 363 g/mol. The van der Waals surface area contributed by atoms with E-state index in [1.54, 1.807) is 0 Å². The van der Waals surface area contributed by atoms with Crippen molar-refractivity contribution in [2.75, 3.05) is 11.9 Å². The summed E-state index contributed by atoms with van der Waals surface area (Å²) in [5.74, 6) is -0.0764. The van der Waals surface area contributed by atoms with E-state index in [9.17, 15) is 29.8 Å². The molecule has 2 aromatic carbocycles. The quantitative estimate of drug-likeness (QED) is 0.451. The van der Waals surface area contributed by atoms with Crippen LogP contribution in [-0.4, -0.2) is 51.4 Å². The van der Waals surface area contributed by atoms with Crippen LogP contribution in [0, 0.1) is 15.9 Å². The second-order valence-electron chi connectivity index (χ2n) is 5.98. The van der Waals surface area contributed by atoms with E-state index in [4.69, 9.17) is 9.47 Å². The van der Waals surface area contributed by atoms with Gasteiger partial charge in [-0.25, -0.2) is 4.39 Å². The smallest absolute Gasteiger partial charge is 0.275 e. The van der Waals surface area contributed by atoms with E-state index in [0.29, 0.717) is 0 Å². The number of hydrogen-bond donors (Lipinski definition) is 4. The second kappa shape index (κ2) is 7.84. The van der Waals surface area contributed by atoms with Crippen LogP contribution in [0.25, 0.3) is 0 Å². The van der Waals surface area contributed by atoms with E-state index in [1.165, 1.54) is 42.5 Å². The van der Waals surface area contributed by atoms with E-state index in [-0.39, 0.29) is 29.5 Å². The number of non-ortho nitro benzene ring substituents is 1. The average molecular weight is 380 g/mol. The van der Waals surface area contributed by atoms with Gasteiger partial charge in [0.2, 0.25) is 0 Å². The fraction of sp³-hybridized carbons (Fsp3) is 0.294. The number of rotatable bonds is 5. The fourth-order valence-electron chi connectivity index (χ4n) is 2.57. The van der Waals surface area contributed by atoms with E-state index < -0.39 is 35.3 Å². The van der Waals surface area contributed by atoms with Crippen LogP contribution in [0.15, 0.2) is 42.5 Å². The minimum Gasteiger partial charge on any atom is -0.457 e. The van der Waals surface area contributed by atoms with Gasteiger partial charge in [-0.3, -0.25) is 10.1 Å². The van der Waals surface area contributed by atoms with Crippen LogP contribution in [0.5, 0.6) is 11.5 Å². The van der Waals surface area contributed by atoms with Gasteiger partial charge in [0.25, 0.3) is 5.69 Å². The number of hydrogen-bond acceptors (Lipinski definition) is 8. The molecule has 2 aromatic rings. The van der Waals surface area contributed by atoms with Crippen LogP contribution in [0.3, 0.4) is 0 Å². The molecule has 1 aliphatic heterocycles. The van der Waals surface area contributed by atoms with Gasteiger partial charge < -0.3 is 30.1 Å². The number of aliphatic hydroxyl groups is 3. The van der Waals surface area contributed by atoms with Gasteiger partial charge in [-0.05, 0) is 24.3 Å². The summed E-state index contributed by atoms with van der Waals surface area (Å²) in [5.41, 5.74) is -0.100. The predicted octanol–water partition coefficient (Wildman–Crippen LogP) is 1.38. The van der Waals surface area contributed by atoms with Gasteiger partial charge in [0.05, 0.1) is 17.6 Å². The van der Waals surface area contributed by atoms with Crippen molar-refractivity contribution < 1.29 is 34.1 Å². The monoisotopic (exact) mass is 380 g/mol. The third kappa shape index (κ3) is 4.49. The maximum atomic E-state index is 13.0. The first-order valence-electron chi connectivity index (χ1n) is 7.99. The lowest BCUT2D eigenvalue weighted by molar-refractivity contribution is -0.384. The molecule has 0 aliphatic carbocycles. The molecule has 27 heavy (non-hydrogen) atoms. The van der Waals surface area contributed by atoms with Crippen molar-refractivity contribution >= 4 is 11.4 Å². The summed E-state index contributed by atoms with van der Waals surface area (Å²) in [6.07, 6.45) is -5.20. The van der Waals surface area contributed by atoms with Crippen LogP contribution in [0.2, 0.25) is 0 Å². The van der Waals surface area contributed by atoms with Crippen LogP contribution >= 0.6 is 0 Å². The van der Waals surface area contributed by atoms with Gasteiger partial charge in [0.15, 0.2) is 6.23 Å². The highest BCUT2D eigenvalue weighted by Gasteiger charge is 2.37. The Hall–Kier alpha value is -2.79. The summed E-state index contributed by atoms with van der Waals surface area (Å²) in [4.78, 5) is 10.5. The van der Waals surface area contributed by atoms with E-state index >= 15 is 0 Å². The highest BCUT2D eigenvalue weighted by atomic mass is 19.1. The van der Waals surface area contributed by atoms with E-state index in [0.717, 1.165) is 0 Å². The Kier molecular flexibility index (Phi) is 5.51.